The third kappa shape index (κ3) is 6.36. The first-order valence-corrected chi connectivity index (χ1v) is 12.7. The van der Waals surface area contributed by atoms with Crippen molar-refractivity contribution in [2.45, 2.75) is 16.7 Å². The summed E-state index contributed by atoms with van der Waals surface area (Å²) in [6.07, 6.45) is 3.49. The predicted molar refractivity (Wildman–Crippen MR) is 133 cm³/mol. The highest BCUT2D eigenvalue weighted by Gasteiger charge is 2.27. The van der Waals surface area contributed by atoms with E-state index in [4.69, 9.17) is 4.74 Å². The van der Waals surface area contributed by atoms with Crippen LogP contribution >= 0.6 is 11.8 Å². The normalized spacial score (nSPS) is 11.4. The minimum atomic E-state index is -4.01. The number of hydrazone groups is 1. The Kier molecular flexibility index (Phi) is 8.13. The summed E-state index contributed by atoms with van der Waals surface area (Å²) in [5, 5.41) is 3.97. The molecule has 0 atom stereocenters. The molecule has 9 heteroatoms. The van der Waals surface area contributed by atoms with Crippen LogP contribution in [0.3, 0.4) is 0 Å². The van der Waals surface area contributed by atoms with E-state index in [2.05, 4.69) is 10.5 Å². The number of ether oxygens (including phenoxy) is 1. The fourth-order valence-corrected chi connectivity index (χ4v) is 4.77. The lowest BCUT2D eigenvalue weighted by molar-refractivity contribution is -0.119. The van der Waals surface area contributed by atoms with Crippen LogP contribution in [0.2, 0.25) is 0 Å². The maximum atomic E-state index is 13.4. The number of methoxy groups -OCH3 is 1. The van der Waals surface area contributed by atoms with Gasteiger partial charge in [-0.25, -0.2) is 13.8 Å². The molecule has 0 aromatic heterocycles. The number of amides is 1. The predicted octanol–water partition coefficient (Wildman–Crippen LogP) is 4.07. The number of aryl methyl sites for hydroxylation is 1. The number of anilines is 1. The largest absolute Gasteiger partial charge is 0.497 e. The van der Waals surface area contributed by atoms with Gasteiger partial charge in [-0.2, -0.15) is 5.10 Å². The van der Waals surface area contributed by atoms with Crippen LogP contribution in [0.25, 0.3) is 0 Å². The Bertz CT molecular complexity index is 1230. The smallest absolute Gasteiger partial charge is 0.264 e. The number of rotatable bonds is 9. The van der Waals surface area contributed by atoms with Crippen LogP contribution in [0.4, 0.5) is 5.69 Å². The lowest BCUT2D eigenvalue weighted by atomic mass is 10.2. The first-order valence-electron chi connectivity index (χ1n) is 10.0. The van der Waals surface area contributed by atoms with Gasteiger partial charge in [-0.1, -0.05) is 35.9 Å². The van der Waals surface area contributed by atoms with Gasteiger partial charge in [0.05, 0.1) is 23.9 Å². The van der Waals surface area contributed by atoms with Gasteiger partial charge >= 0.3 is 0 Å². The van der Waals surface area contributed by atoms with Gasteiger partial charge in [0.2, 0.25) is 0 Å². The minimum Gasteiger partial charge on any atom is -0.497 e. The Morgan fingerprint density at radius 1 is 1.09 bits per heavy atom. The number of carbonyl (C=O) groups is 1. The van der Waals surface area contributed by atoms with E-state index in [1.54, 1.807) is 48.2 Å². The molecule has 0 aliphatic carbocycles. The Hall–Kier alpha value is -3.30. The van der Waals surface area contributed by atoms with Gasteiger partial charge in [0.25, 0.3) is 15.9 Å². The molecule has 0 saturated heterocycles. The molecule has 172 valence electrons. The number of nitrogens with zero attached hydrogens (tertiary/aromatic N) is 2. The molecule has 3 aromatic carbocycles. The van der Waals surface area contributed by atoms with E-state index in [1.165, 1.54) is 25.5 Å². The molecule has 0 aliphatic rings. The SMILES string of the molecule is COc1cccc(N(CC(=O)N/N=C\c2ccc(SC)cc2)S(=O)(=O)c2ccc(C)cc2)c1. The standard InChI is InChI=1S/C24H25N3O4S2/c1-18-7-13-23(14-8-18)33(29,30)27(20-5-4-6-21(15-20)31-2)17-24(28)26-25-16-19-9-11-22(32-3)12-10-19/h4-16H,17H2,1-3H3,(H,26,28)/b25-16-. The number of nitrogens with one attached hydrogen (secondary N) is 1. The van der Waals surface area contributed by atoms with Crippen molar-refractivity contribution in [3.8, 4) is 5.75 Å². The first-order chi connectivity index (χ1) is 15.8. The van der Waals surface area contributed by atoms with E-state index in [-0.39, 0.29) is 4.90 Å². The summed E-state index contributed by atoms with van der Waals surface area (Å²) in [5.41, 5.74) is 4.46. The summed E-state index contributed by atoms with van der Waals surface area (Å²) in [6, 6.07) is 20.7. The fraction of sp³-hybridized carbons (Fsp3) is 0.167. The van der Waals surface area contributed by atoms with Crippen LogP contribution in [0, 0.1) is 6.92 Å². The summed E-state index contributed by atoms with van der Waals surface area (Å²) < 4.78 is 33.1. The van der Waals surface area contributed by atoms with Crippen LogP contribution < -0.4 is 14.5 Å². The molecule has 1 amide bonds. The van der Waals surface area contributed by atoms with Crippen LogP contribution in [-0.2, 0) is 14.8 Å². The average Bonchev–Trinajstić information content (AvgIpc) is 2.83. The summed E-state index contributed by atoms with van der Waals surface area (Å²) in [4.78, 5) is 13.8. The van der Waals surface area contributed by atoms with Crippen molar-refractivity contribution in [3.05, 3.63) is 83.9 Å². The summed E-state index contributed by atoms with van der Waals surface area (Å²) in [6.45, 7) is 1.42. The molecular formula is C24H25N3O4S2. The maximum Gasteiger partial charge on any atom is 0.264 e. The zero-order valence-corrected chi connectivity index (χ0v) is 20.2. The number of benzene rings is 3. The minimum absolute atomic E-state index is 0.0844. The quantitative estimate of drug-likeness (QED) is 0.282. The molecular weight excluding hydrogens is 458 g/mol. The molecule has 0 radical (unpaired) electrons. The number of hydrogen-bond acceptors (Lipinski definition) is 6. The molecule has 0 saturated carbocycles. The second-order valence-electron chi connectivity index (χ2n) is 7.09. The Balaban J connectivity index is 1.83. The van der Waals surface area contributed by atoms with Gasteiger partial charge in [0.15, 0.2) is 0 Å². The summed E-state index contributed by atoms with van der Waals surface area (Å²) in [7, 11) is -2.52. The van der Waals surface area contributed by atoms with Crippen molar-refractivity contribution < 1.29 is 17.9 Å². The van der Waals surface area contributed by atoms with Crippen molar-refractivity contribution in [3.63, 3.8) is 0 Å². The maximum absolute atomic E-state index is 13.4. The number of hydrogen-bond donors (Lipinski definition) is 1. The van der Waals surface area contributed by atoms with Gasteiger partial charge in [0, 0.05) is 11.0 Å². The first kappa shape index (κ1) is 24.3. The van der Waals surface area contributed by atoms with Gasteiger partial charge in [-0.3, -0.25) is 9.10 Å². The molecule has 0 fully saturated rings. The highest BCUT2D eigenvalue weighted by atomic mass is 32.2. The molecule has 33 heavy (non-hydrogen) atoms. The second kappa shape index (κ2) is 11.0. The van der Waals surface area contributed by atoms with Gasteiger partial charge in [-0.15, -0.1) is 11.8 Å². The Morgan fingerprint density at radius 2 is 1.79 bits per heavy atom. The second-order valence-corrected chi connectivity index (χ2v) is 9.83. The topological polar surface area (TPSA) is 88.1 Å². The van der Waals surface area contributed by atoms with Crippen LogP contribution in [0.1, 0.15) is 11.1 Å². The molecule has 1 N–H and O–H groups in total. The van der Waals surface area contributed by atoms with E-state index >= 15 is 0 Å². The lowest BCUT2D eigenvalue weighted by Gasteiger charge is -2.24. The van der Waals surface area contributed by atoms with Crippen molar-refractivity contribution in [1.82, 2.24) is 5.43 Å². The van der Waals surface area contributed by atoms with Crippen LogP contribution in [0.5, 0.6) is 5.75 Å². The van der Waals surface area contributed by atoms with Gasteiger partial charge < -0.3 is 4.74 Å². The molecule has 0 aliphatic heterocycles. The highest BCUT2D eigenvalue weighted by molar-refractivity contribution is 7.98. The van der Waals surface area contributed by atoms with Crippen LogP contribution in [0.15, 0.2) is 87.7 Å². The molecule has 0 bridgehead atoms. The molecule has 0 spiro atoms. The van der Waals surface area contributed by atoms with Gasteiger partial charge in [-0.05, 0) is 55.1 Å². The summed E-state index contributed by atoms with van der Waals surface area (Å²) >= 11 is 1.63. The van der Waals surface area contributed by atoms with Crippen molar-refractivity contribution in [2.75, 3.05) is 24.2 Å². The molecule has 0 heterocycles. The van der Waals surface area contributed by atoms with E-state index in [0.29, 0.717) is 11.4 Å². The monoisotopic (exact) mass is 483 g/mol. The summed E-state index contributed by atoms with van der Waals surface area (Å²) in [5.74, 6) is -0.103. The average molecular weight is 484 g/mol. The third-order valence-electron chi connectivity index (χ3n) is 4.76. The van der Waals surface area contributed by atoms with E-state index in [1.807, 2.05) is 37.4 Å². The number of thioether (sulfide) groups is 1. The van der Waals surface area contributed by atoms with Crippen molar-refractivity contribution >= 4 is 39.6 Å². The Morgan fingerprint density at radius 3 is 2.42 bits per heavy atom. The van der Waals surface area contributed by atoms with E-state index in [9.17, 15) is 13.2 Å². The molecule has 3 rings (SSSR count). The highest BCUT2D eigenvalue weighted by Crippen LogP contribution is 2.27. The zero-order chi connectivity index (χ0) is 23.8. The van der Waals surface area contributed by atoms with E-state index in [0.717, 1.165) is 20.3 Å². The third-order valence-corrected chi connectivity index (χ3v) is 7.29. The number of sulfonamides is 1. The Labute approximate surface area is 198 Å². The van der Waals surface area contributed by atoms with Crippen molar-refractivity contribution in [2.24, 2.45) is 5.10 Å². The van der Waals surface area contributed by atoms with Crippen LogP contribution in [-0.4, -0.2) is 40.4 Å². The fourth-order valence-electron chi connectivity index (χ4n) is 2.95. The van der Waals surface area contributed by atoms with Gasteiger partial charge in [0.1, 0.15) is 12.3 Å². The molecule has 7 nitrogen and oxygen atoms in total. The molecule has 0 unspecified atom stereocenters. The van der Waals surface area contributed by atoms with Crippen molar-refractivity contribution in [1.29, 1.82) is 0 Å². The lowest BCUT2D eigenvalue weighted by Crippen LogP contribution is -2.39. The molecule has 3 aromatic rings. The van der Waals surface area contributed by atoms with E-state index < -0.39 is 22.5 Å². The number of carbonyl (C=O) groups excluding carboxylic acids is 1. The zero-order valence-electron chi connectivity index (χ0n) is 18.6.